The van der Waals surface area contributed by atoms with E-state index in [2.05, 4.69) is 26.1 Å². The Morgan fingerprint density at radius 1 is 1.03 bits per heavy atom. The van der Waals surface area contributed by atoms with E-state index in [4.69, 9.17) is 0 Å². The Labute approximate surface area is 198 Å². The van der Waals surface area contributed by atoms with Gasteiger partial charge in [0.15, 0.2) is 0 Å². The molecule has 3 aromatic carbocycles. The van der Waals surface area contributed by atoms with Gasteiger partial charge in [-0.1, -0.05) is 51.1 Å². The molecule has 4 rings (SSSR count). The molecule has 0 spiro atoms. The molecule has 0 bridgehead atoms. The van der Waals surface area contributed by atoms with Crippen molar-refractivity contribution in [1.29, 1.82) is 0 Å². The number of hydrogen-bond donors (Lipinski definition) is 1. The molecule has 6 heteroatoms. The molecule has 1 aliphatic heterocycles. The number of carbonyl (C=O) groups is 2. The number of amides is 2. The number of thioether (sulfide) groups is 1. The summed E-state index contributed by atoms with van der Waals surface area (Å²) in [6, 6.07) is 19.9. The molecule has 2 amide bonds. The van der Waals surface area contributed by atoms with Gasteiger partial charge in [0, 0.05) is 16.9 Å². The van der Waals surface area contributed by atoms with Crippen LogP contribution in [0.15, 0.2) is 66.7 Å². The molecular formula is C27H27FN2O2S. The maximum absolute atomic E-state index is 14.1. The molecule has 1 unspecified atom stereocenters. The third kappa shape index (κ3) is 4.96. The Bertz CT molecular complexity index is 1180. The highest BCUT2D eigenvalue weighted by molar-refractivity contribution is 8.00. The lowest BCUT2D eigenvalue weighted by atomic mass is 9.87. The molecule has 1 atom stereocenters. The van der Waals surface area contributed by atoms with E-state index in [-0.39, 0.29) is 28.4 Å². The van der Waals surface area contributed by atoms with Gasteiger partial charge in [0.05, 0.1) is 5.75 Å². The second-order valence-electron chi connectivity index (χ2n) is 9.26. The zero-order valence-electron chi connectivity index (χ0n) is 19.2. The topological polar surface area (TPSA) is 49.4 Å². The molecule has 1 saturated heterocycles. The molecule has 1 N–H and O–H groups in total. The van der Waals surface area contributed by atoms with Gasteiger partial charge in [-0.05, 0) is 65.4 Å². The van der Waals surface area contributed by atoms with Gasteiger partial charge in [0.2, 0.25) is 5.91 Å². The standard InChI is InChI=1S/C27H27FN2O2S/c1-17-5-14-22(15-23(17)28)30-24(31)16-33-26(30)19-8-12-21(13-9-19)29-25(32)18-6-10-20(11-7-18)27(2,3)4/h5-15,26H,16H2,1-4H3,(H,29,32). The molecule has 0 saturated carbocycles. The second-order valence-corrected chi connectivity index (χ2v) is 10.3. The lowest BCUT2D eigenvalue weighted by Gasteiger charge is -2.25. The predicted molar refractivity (Wildman–Crippen MR) is 133 cm³/mol. The SMILES string of the molecule is Cc1ccc(N2C(=O)CSC2c2ccc(NC(=O)c3ccc(C(C)(C)C)cc3)cc2)cc1F. The minimum atomic E-state index is -0.329. The average Bonchev–Trinajstić information content (AvgIpc) is 3.17. The van der Waals surface area contributed by atoms with Gasteiger partial charge in [0.25, 0.3) is 5.91 Å². The van der Waals surface area contributed by atoms with Gasteiger partial charge < -0.3 is 5.32 Å². The molecule has 1 aliphatic rings. The maximum Gasteiger partial charge on any atom is 0.255 e. The summed E-state index contributed by atoms with van der Waals surface area (Å²) in [6.07, 6.45) is 0. The van der Waals surface area contributed by atoms with Gasteiger partial charge in [-0.15, -0.1) is 11.8 Å². The first-order chi connectivity index (χ1) is 15.6. The Morgan fingerprint density at radius 3 is 2.30 bits per heavy atom. The summed E-state index contributed by atoms with van der Waals surface area (Å²) in [7, 11) is 0. The molecule has 3 aromatic rings. The van der Waals surface area contributed by atoms with Crippen molar-refractivity contribution >= 4 is 35.0 Å². The van der Waals surface area contributed by atoms with Crippen molar-refractivity contribution < 1.29 is 14.0 Å². The fourth-order valence-corrected chi connectivity index (χ4v) is 4.91. The smallest absolute Gasteiger partial charge is 0.255 e. The largest absolute Gasteiger partial charge is 0.322 e. The third-order valence-electron chi connectivity index (χ3n) is 5.77. The molecule has 33 heavy (non-hydrogen) atoms. The Kier molecular flexibility index (Phi) is 6.30. The van der Waals surface area contributed by atoms with E-state index in [1.165, 1.54) is 23.4 Å². The van der Waals surface area contributed by atoms with Gasteiger partial charge in [-0.25, -0.2) is 4.39 Å². The highest BCUT2D eigenvalue weighted by Crippen LogP contribution is 2.42. The summed E-state index contributed by atoms with van der Waals surface area (Å²) in [4.78, 5) is 26.8. The molecule has 1 heterocycles. The first-order valence-corrected chi connectivity index (χ1v) is 11.9. The van der Waals surface area contributed by atoms with E-state index in [0.717, 1.165) is 5.56 Å². The number of nitrogens with one attached hydrogen (secondary N) is 1. The van der Waals surface area contributed by atoms with E-state index in [0.29, 0.717) is 28.3 Å². The van der Waals surface area contributed by atoms with E-state index in [9.17, 15) is 14.0 Å². The predicted octanol–water partition coefficient (Wildman–Crippen LogP) is 6.46. The van der Waals surface area contributed by atoms with Crippen molar-refractivity contribution in [3.05, 3.63) is 94.8 Å². The van der Waals surface area contributed by atoms with Gasteiger partial charge in [0.1, 0.15) is 11.2 Å². The fourth-order valence-electron chi connectivity index (χ4n) is 3.74. The lowest BCUT2D eigenvalue weighted by Crippen LogP contribution is -2.28. The van der Waals surface area contributed by atoms with Crippen molar-refractivity contribution in [3.63, 3.8) is 0 Å². The number of carbonyl (C=O) groups excluding carboxylic acids is 2. The first kappa shape index (κ1) is 23.1. The van der Waals surface area contributed by atoms with Crippen molar-refractivity contribution in [3.8, 4) is 0 Å². The highest BCUT2D eigenvalue weighted by atomic mass is 32.2. The zero-order chi connectivity index (χ0) is 23.8. The Balaban J connectivity index is 1.49. The van der Waals surface area contributed by atoms with E-state index >= 15 is 0 Å². The van der Waals surface area contributed by atoms with Crippen LogP contribution in [0, 0.1) is 12.7 Å². The molecule has 0 aliphatic carbocycles. The molecule has 4 nitrogen and oxygen atoms in total. The number of halogens is 1. The number of nitrogens with zero attached hydrogens (tertiary/aromatic N) is 1. The van der Waals surface area contributed by atoms with Crippen LogP contribution in [0.25, 0.3) is 0 Å². The molecule has 170 valence electrons. The maximum atomic E-state index is 14.1. The minimum Gasteiger partial charge on any atom is -0.322 e. The first-order valence-electron chi connectivity index (χ1n) is 10.9. The number of anilines is 2. The third-order valence-corrected chi connectivity index (χ3v) is 6.98. The summed E-state index contributed by atoms with van der Waals surface area (Å²) in [6.45, 7) is 8.10. The van der Waals surface area contributed by atoms with Crippen LogP contribution in [-0.4, -0.2) is 17.6 Å². The van der Waals surface area contributed by atoms with Crippen LogP contribution in [0.1, 0.15) is 53.2 Å². The summed E-state index contributed by atoms with van der Waals surface area (Å²) in [5, 5.41) is 2.68. The second kappa shape index (κ2) is 9.02. The van der Waals surface area contributed by atoms with E-state index in [1.54, 1.807) is 24.0 Å². The van der Waals surface area contributed by atoms with Crippen LogP contribution >= 0.6 is 11.8 Å². The molecule has 1 fully saturated rings. The normalized spacial score (nSPS) is 16.2. The summed E-state index contributed by atoms with van der Waals surface area (Å²) >= 11 is 1.50. The zero-order valence-corrected chi connectivity index (χ0v) is 20.0. The average molecular weight is 463 g/mol. The molecule has 0 aromatic heterocycles. The van der Waals surface area contributed by atoms with Crippen molar-refractivity contribution in [1.82, 2.24) is 0 Å². The monoisotopic (exact) mass is 462 g/mol. The van der Waals surface area contributed by atoms with Gasteiger partial charge in [-0.2, -0.15) is 0 Å². The number of rotatable bonds is 4. The van der Waals surface area contributed by atoms with Gasteiger partial charge in [-0.3, -0.25) is 14.5 Å². The number of benzene rings is 3. The summed E-state index contributed by atoms with van der Waals surface area (Å²) < 4.78 is 14.1. The van der Waals surface area contributed by atoms with Crippen LogP contribution in [0.5, 0.6) is 0 Å². The van der Waals surface area contributed by atoms with E-state index < -0.39 is 0 Å². The Hall–Kier alpha value is -3.12. The van der Waals surface area contributed by atoms with Crippen LogP contribution < -0.4 is 10.2 Å². The fraction of sp³-hybridized carbons (Fsp3) is 0.259. The van der Waals surface area contributed by atoms with Crippen molar-refractivity contribution in [2.75, 3.05) is 16.0 Å². The van der Waals surface area contributed by atoms with Crippen LogP contribution in [-0.2, 0) is 10.2 Å². The van der Waals surface area contributed by atoms with Crippen LogP contribution in [0.4, 0.5) is 15.8 Å². The minimum absolute atomic E-state index is 0.0305. The quantitative estimate of drug-likeness (QED) is 0.484. The number of aryl methyl sites for hydroxylation is 1. The van der Waals surface area contributed by atoms with Crippen molar-refractivity contribution in [2.24, 2.45) is 0 Å². The van der Waals surface area contributed by atoms with Gasteiger partial charge >= 0.3 is 0 Å². The van der Waals surface area contributed by atoms with Crippen molar-refractivity contribution in [2.45, 2.75) is 38.5 Å². The Morgan fingerprint density at radius 2 is 1.70 bits per heavy atom. The summed E-state index contributed by atoms with van der Waals surface area (Å²) in [5.41, 5.74) is 4.48. The van der Waals surface area contributed by atoms with Crippen LogP contribution in [0.3, 0.4) is 0 Å². The number of hydrogen-bond acceptors (Lipinski definition) is 3. The highest BCUT2D eigenvalue weighted by Gasteiger charge is 2.34. The van der Waals surface area contributed by atoms with Crippen LogP contribution in [0.2, 0.25) is 0 Å². The van der Waals surface area contributed by atoms with E-state index in [1.807, 2.05) is 48.5 Å². The summed E-state index contributed by atoms with van der Waals surface area (Å²) in [5.74, 6) is -0.220. The molecular weight excluding hydrogens is 435 g/mol. The lowest BCUT2D eigenvalue weighted by molar-refractivity contribution is -0.115. The molecule has 0 radical (unpaired) electrons.